The first kappa shape index (κ1) is 15.2. The van der Waals surface area contributed by atoms with E-state index in [0.29, 0.717) is 0 Å². The molecule has 4 nitrogen and oxygen atoms in total. The second-order valence-corrected chi connectivity index (χ2v) is 7.37. The molecule has 0 bridgehead atoms. The van der Waals surface area contributed by atoms with Gasteiger partial charge in [-0.05, 0) is 40.5 Å². The van der Waals surface area contributed by atoms with Gasteiger partial charge < -0.3 is 10.4 Å². The Morgan fingerprint density at radius 2 is 1.58 bits per heavy atom. The van der Waals surface area contributed by atoms with E-state index < -0.39 is 0 Å². The number of nitrogens with zero attached hydrogens (tertiary/aromatic N) is 1. The monoisotopic (exact) mass is 270 g/mol. The normalized spacial score (nSPS) is 35.8. The summed E-state index contributed by atoms with van der Waals surface area (Å²) in [6, 6.07) is 0. The highest BCUT2D eigenvalue weighted by Gasteiger charge is 2.44. The Hall–Kier alpha value is -0.160. The topological polar surface area (TPSA) is 44.7 Å². The fourth-order valence-electron chi connectivity index (χ4n) is 3.44. The molecule has 1 aliphatic heterocycles. The van der Waals surface area contributed by atoms with Crippen LogP contribution >= 0.6 is 0 Å². The van der Waals surface area contributed by atoms with Crippen molar-refractivity contribution in [3.05, 3.63) is 0 Å². The molecule has 2 fully saturated rings. The summed E-state index contributed by atoms with van der Waals surface area (Å²) in [5, 5.41) is 15.9. The van der Waals surface area contributed by atoms with Crippen molar-refractivity contribution in [2.45, 2.75) is 83.1 Å². The van der Waals surface area contributed by atoms with Crippen LogP contribution in [0.1, 0.15) is 59.8 Å². The van der Waals surface area contributed by atoms with E-state index in [1.807, 2.05) is 0 Å². The minimum Gasteiger partial charge on any atom is -0.390 e. The number of piperazine rings is 1. The highest BCUT2D eigenvalue weighted by Crippen LogP contribution is 2.32. The molecule has 0 aromatic rings. The first-order chi connectivity index (χ1) is 8.83. The molecule has 0 aromatic carbocycles. The van der Waals surface area contributed by atoms with Crippen molar-refractivity contribution in [1.29, 1.82) is 0 Å². The maximum Gasteiger partial charge on any atom is 0.105 e. The molecule has 4 heteroatoms. The fourth-order valence-corrected chi connectivity index (χ4v) is 3.44. The van der Waals surface area contributed by atoms with Gasteiger partial charge in [-0.2, -0.15) is 5.06 Å². The van der Waals surface area contributed by atoms with Crippen molar-refractivity contribution in [2.75, 3.05) is 13.1 Å². The van der Waals surface area contributed by atoms with E-state index in [0.717, 1.165) is 38.8 Å². The van der Waals surface area contributed by atoms with Crippen molar-refractivity contribution < 1.29 is 9.94 Å². The standard InChI is InChI=1S/C15H30N2O2/c1-14(2)10-16-11-15(3,4)17(14)19-13-9-7-5-6-8-12(13)18/h12-13,16,18H,5-11H2,1-4H3/t12-,13-/m0/s1. The van der Waals surface area contributed by atoms with Crippen molar-refractivity contribution in [2.24, 2.45) is 0 Å². The van der Waals surface area contributed by atoms with Crippen LogP contribution in [0.4, 0.5) is 0 Å². The lowest BCUT2D eigenvalue weighted by molar-refractivity contribution is -0.312. The second-order valence-electron chi connectivity index (χ2n) is 7.37. The largest absolute Gasteiger partial charge is 0.390 e. The molecule has 2 rings (SSSR count). The van der Waals surface area contributed by atoms with Crippen LogP contribution < -0.4 is 5.32 Å². The molecule has 112 valence electrons. The zero-order valence-corrected chi connectivity index (χ0v) is 12.9. The number of aliphatic hydroxyl groups is 1. The van der Waals surface area contributed by atoms with Crippen LogP contribution in [-0.2, 0) is 4.84 Å². The first-order valence-corrected chi connectivity index (χ1v) is 7.69. The number of nitrogens with one attached hydrogen (secondary N) is 1. The van der Waals surface area contributed by atoms with E-state index >= 15 is 0 Å². The van der Waals surface area contributed by atoms with Gasteiger partial charge in [0.25, 0.3) is 0 Å². The number of hydrogen-bond acceptors (Lipinski definition) is 4. The molecule has 1 aliphatic carbocycles. The number of rotatable bonds is 2. The third-order valence-electron chi connectivity index (χ3n) is 4.37. The molecule has 1 heterocycles. The summed E-state index contributed by atoms with van der Waals surface area (Å²) < 4.78 is 0. The fraction of sp³-hybridized carbons (Fsp3) is 1.00. The smallest absolute Gasteiger partial charge is 0.105 e. The molecular weight excluding hydrogens is 240 g/mol. The van der Waals surface area contributed by atoms with E-state index in [4.69, 9.17) is 4.84 Å². The van der Waals surface area contributed by atoms with E-state index in [-0.39, 0.29) is 23.3 Å². The molecule has 0 unspecified atom stereocenters. The zero-order valence-electron chi connectivity index (χ0n) is 12.9. The third-order valence-corrected chi connectivity index (χ3v) is 4.37. The quantitative estimate of drug-likeness (QED) is 0.754. The van der Waals surface area contributed by atoms with Crippen LogP contribution in [0.5, 0.6) is 0 Å². The summed E-state index contributed by atoms with van der Waals surface area (Å²) in [7, 11) is 0. The Morgan fingerprint density at radius 3 is 2.21 bits per heavy atom. The van der Waals surface area contributed by atoms with E-state index in [1.165, 1.54) is 6.42 Å². The van der Waals surface area contributed by atoms with Gasteiger partial charge >= 0.3 is 0 Å². The minimum atomic E-state index is -0.316. The molecule has 2 atom stereocenters. The highest BCUT2D eigenvalue weighted by atomic mass is 16.7. The highest BCUT2D eigenvalue weighted by molar-refractivity contribution is 4.96. The lowest BCUT2D eigenvalue weighted by Crippen LogP contribution is -2.68. The van der Waals surface area contributed by atoms with Crippen LogP contribution in [0, 0.1) is 0 Å². The molecule has 0 spiro atoms. The summed E-state index contributed by atoms with van der Waals surface area (Å²) in [4.78, 5) is 6.30. The maximum absolute atomic E-state index is 10.3. The Morgan fingerprint density at radius 1 is 1.00 bits per heavy atom. The van der Waals surface area contributed by atoms with Crippen molar-refractivity contribution in [1.82, 2.24) is 10.4 Å². The molecule has 0 amide bonds. The van der Waals surface area contributed by atoms with Crippen LogP contribution in [0.3, 0.4) is 0 Å². The van der Waals surface area contributed by atoms with Crippen LogP contribution in [0.15, 0.2) is 0 Å². The van der Waals surface area contributed by atoms with Crippen molar-refractivity contribution in [3.8, 4) is 0 Å². The Balaban J connectivity index is 2.09. The van der Waals surface area contributed by atoms with Gasteiger partial charge in [0.2, 0.25) is 0 Å². The van der Waals surface area contributed by atoms with Gasteiger partial charge in [-0.1, -0.05) is 19.3 Å². The summed E-state index contributed by atoms with van der Waals surface area (Å²) in [5.41, 5.74) is -0.0957. The van der Waals surface area contributed by atoms with Gasteiger partial charge in [-0.3, -0.25) is 4.84 Å². The molecule has 2 aliphatic rings. The van der Waals surface area contributed by atoms with Gasteiger partial charge in [0, 0.05) is 13.1 Å². The van der Waals surface area contributed by atoms with E-state index in [9.17, 15) is 5.11 Å². The summed E-state index contributed by atoms with van der Waals surface area (Å²) in [5.74, 6) is 0. The van der Waals surface area contributed by atoms with Crippen LogP contribution in [0.25, 0.3) is 0 Å². The Bertz CT molecular complexity index is 289. The average molecular weight is 270 g/mol. The van der Waals surface area contributed by atoms with E-state index in [1.54, 1.807) is 0 Å². The molecule has 1 saturated carbocycles. The predicted molar refractivity (Wildman–Crippen MR) is 76.8 cm³/mol. The van der Waals surface area contributed by atoms with Crippen LogP contribution in [-0.4, -0.2) is 46.5 Å². The maximum atomic E-state index is 10.3. The Labute approximate surface area is 117 Å². The number of hydroxylamine groups is 2. The number of hydrogen-bond donors (Lipinski definition) is 2. The van der Waals surface area contributed by atoms with Gasteiger partial charge in [-0.25, -0.2) is 0 Å². The predicted octanol–water partition coefficient (Wildman–Crippen LogP) is 2.07. The molecule has 0 radical (unpaired) electrons. The zero-order chi connectivity index (χ0) is 14.1. The minimum absolute atomic E-state index is 0.0425. The third kappa shape index (κ3) is 3.48. The molecular formula is C15H30N2O2. The number of aliphatic hydroxyl groups excluding tert-OH is 1. The summed E-state index contributed by atoms with van der Waals surface area (Å²) in [6.07, 6.45) is 4.98. The average Bonchev–Trinajstić information content (AvgIpc) is 2.48. The van der Waals surface area contributed by atoms with Crippen molar-refractivity contribution >= 4 is 0 Å². The van der Waals surface area contributed by atoms with Crippen molar-refractivity contribution in [3.63, 3.8) is 0 Å². The lowest BCUT2D eigenvalue weighted by Gasteiger charge is -2.52. The van der Waals surface area contributed by atoms with E-state index in [2.05, 4.69) is 38.1 Å². The summed E-state index contributed by atoms with van der Waals surface area (Å²) >= 11 is 0. The van der Waals surface area contributed by atoms with Gasteiger partial charge in [-0.15, -0.1) is 0 Å². The molecule has 0 aromatic heterocycles. The van der Waals surface area contributed by atoms with Gasteiger partial charge in [0.05, 0.1) is 17.2 Å². The Kier molecular flexibility index (Phi) is 4.56. The molecule has 1 saturated heterocycles. The first-order valence-electron chi connectivity index (χ1n) is 7.69. The second kappa shape index (κ2) is 5.68. The lowest BCUT2D eigenvalue weighted by atomic mass is 9.92. The van der Waals surface area contributed by atoms with Crippen LogP contribution in [0.2, 0.25) is 0 Å². The van der Waals surface area contributed by atoms with Gasteiger partial charge in [0.15, 0.2) is 0 Å². The SMILES string of the molecule is CC1(C)CNCC(C)(C)N1O[C@H]1CCCCC[C@@H]1O. The van der Waals surface area contributed by atoms with Gasteiger partial charge in [0.1, 0.15) is 6.10 Å². The summed E-state index contributed by atoms with van der Waals surface area (Å²) in [6.45, 7) is 10.6. The molecule has 19 heavy (non-hydrogen) atoms. The molecule has 2 N–H and O–H groups in total.